The summed E-state index contributed by atoms with van der Waals surface area (Å²) in [5.41, 5.74) is 0. The largest absolute Gasteiger partial charge is 0.333 e. The number of hydrogen-bond donors (Lipinski definition) is 0. The summed E-state index contributed by atoms with van der Waals surface area (Å²) in [6, 6.07) is 0. The molecule has 1 fully saturated rings. The average Bonchev–Trinajstić information content (AvgIpc) is 2.56. The van der Waals surface area contributed by atoms with Crippen molar-refractivity contribution in [1.82, 2.24) is 5.06 Å². The van der Waals surface area contributed by atoms with Crippen LogP contribution in [0.5, 0.6) is 0 Å². The highest BCUT2D eigenvalue weighted by Crippen LogP contribution is 2.18. The van der Waals surface area contributed by atoms with Gasteiger partial charge in [-0.3, -0.25) is 9.59 Å². The van der Waals surface area contributed by atoms with Crippen LogP contribution in [0.2, 0.25) is 0 Å². The summed E-state index contributed by atoms with van der Waals surface area (Å²) >= 11 is 0. The number of amides is 2. The Morgan fingerprint density at radius 2 is 2.00 bits per heavy atom. The van der Waals surface area contributed by atoms with E-state index in [1.807, 2.05) is 6.26 Å². The minimum absolute atomic E-state index is 0.133. The van der Waals surface area contributed by atoms with Crippen molar-refractivity contribution < 1.29 is 19.2 Å². The van der Waals surface area contributed by atoms with E-state index in [-0.39, 0.29) is 19.3 Å². The SMILES string of the molecule is CSSCCCC(=O)ON1C(=O)CCC1=O. The average molecular weight is 263 g/mol. The van der Waals surface area contributed by atoms with Gasteiger partial charge in [0.15, 0.2) is 0 Å². The van der Waals surface area contributed by atoms with Crippen LogP contribution in [0, 0.1) is 0 Å². The molecule has 90 valence electrons. The topological polar surface area (TPSA) is 63.7 Å². The van der Waals surface area contributed by atoms with Crippen LogP contribution in [-0.4, -0.2) is 34.9 Å². The van der Waals surface area contributed by atoms with Crippen LogP contribution in [0.15, 0.2) is 0 Å². The van der Waals surface area contributed by atoms with E-state index in [0.717, 1.165) is 5.75 Å². The third kappa shape index (κ3) is 4.05. The molecule has 0 aliphatic carbocycles. The molecule has 1 aliphatic heterocycles. The summed E-state index contributed by atoms with van der Waals surface area (Å²) in [6.45, 7) is 0. The molecule has 7 heteroatoms. The summed E-state index contributed by atoms with van der Waals surface area (Å²) < 4.78 is 0. The maximum absolute atomic E-state index is 11.3. The van der Waals surface area contributed by atoms with Crippen LogP contribution in [0.1, 0.15) is 25.7 Å². The lowest BCUT2D eigenvalue weighted by atomic mass is 10.3. The van der Waals surface area contributed by atoms with Gasteiger partial charge in [-0.1, -0.05) is 21.6 Å². The molecular formula is C9H13NO4S2. The molecule has 0 bridgehead atoms. The van der Waals surface area contributed by atoms with Crippen LogP contribution >= 0.6 is 21.6 Å². The Hall–Kier alpha value is -0.690. The van der Waals surface area contributed by atoms with Gasteiger partial charge in [0.25, 0.3) is 11.8 Å². The van der Waals surface area contributed by atoms with E-state index in [2.05, 4.69) is 0 Å². The highest BCUT2D eigenvalue weighted by Gasteiger charge is 2.32. The highest BCUT2D eigenvalue weighted by atomic mass is 33.1. The monoisotopic (exact) mass is 263 g/mol. The van der Waals surface area contributed by atoms with Crippen LogP contribution in [0.4, 0.5) is 0 Å². The van der Waals surface area contributed by atoms with Crippen molar-refractivity contribution in [2.45, 2.75) is 25.7 Å². The fraction of sp³-hybridized carbons (Fsp3) is 0.667. The molecular weight excluding hydrogens is 250 g/mol. The van der Waals surface area contributed by atoms with Gasteiger partial charge >= 0.3 is 5.97 Å². The zero-order chi connectivity index (χ0) is 12.0. The Morgan fingerprint density at radius 1 is 1.38 bits per heavy atom. The Labute approximate surface area is 102 Å². The van der Waals surface area contributed by atoms with Gasteiger partial charge in [-0.15, -0.1) is 5.06 Å². The van der Waals surface area contributed by atoms with Crippen LogP contribution in [0.25, 0.3) is 0 Å². The van der Waals surface area contributed by atoms with Crippen LogP contribution in [0.3, 0.4) is 0 Å². The second-order valence-electron chi connectivity index (χ2n) is 3.14. The van der Waals surface area contributed by atoms with Crippen LogP contribution in [-0.2, 0) is 19.2 Å². The molecule has 0 aromatic carbocycles. The first-order chi connectivity index (χ1) is 7.65. The first kappa shape index (κ1) is 13.4. The fourth-order valence-corrected chi connectivity index (χ4v) is 2.45. The van der Waals surface area contributed by atoms with Crippen molar-refractivity contribution in [3.05, 3.63) is 0 Å². The maximum Gasteiger partial charge on any atom is 0.333 e. The number of hydroxylamine groups is 2. The molecule has 5 nitrogen and oxygen atoms in total. The van der Waals surface area contributed by atoms with Crippen molar-refractivity contribution in [2.24, 2.45) is 0 Å². The molecule has 16 heavy (non-hydrogen) atoms. The smallest absolute Gasteiger partial charge is 0.330 e. The van der Waals surface area contributed by atoms with E-state index in [1.54, 1.807) is 21.6 Å². The van der Waals surface area contributed by atoms with Gasteiger partial charge in [-0.25, -0.2) is 4.79 Å². The zero-order valence-corrected chi connectivity index (χ0v) is 10.6. The van der Waals surface area contributed by atoms with Crippen molar-refractivity contribution in [2.75, 3.05) is 12.0 Å². The van der Waals surface area contributed by atoms with Crippen molar-refractivity contribution in [3.8, 4) is 0 Å². The Bertz CT molecular complexity index is 279. The highest BCUT2D eigenvalue weighted by molar-refractivity contribution is 8.76. The lowest BCUT2D eigenvalue weighted by molar-refractivity contribution is -0.197. The molecule has 0 aromatic heterocycles. The number of carbonyl (C=O) groups is 3. The second-order valence-corrected chi connectivity index (χ2v) is 5.82. The third-order valence-corrected chi connectivity index (χ3v) is 3.82. The van der Waals surface area contributed by atoms with Crippen molar-refractivity contribution in [3.63, 3.8) is 0 Å². The van der Waals surface area contributed by atoms with E-state index >= 15 is 0 Å². The Kier molecular flexibility index (Phi) is 5.68. The van der Waals surface area contributed by atoms with E-state index in [0.29, 0.717) is 11.5 Å². The zero-order valence-electron chi connectivity index (χ0n) is 8.93. The molecule has 0 N–H and O–H groups in total. The summed E-state index contributed by atoms with van der Waals surface area (Å²) in [6.07, 6.45) is 3.14. The first-order valence-electron chi connectivity index (χ1n) is 4.87. The predicted octanol–water partition coefficient (Wildman–Crippen LogP) is 1.39. The molecule has 1 saturated heterocycles. The lowest BCUT2D eigenvalue weighted by Crippen LogP contribution is -2.31. The van der Waals surface area contributed by atoms with Crippen molar-refractivity contribution >= 4 is 39.4 Å². The number of nitrogens with zero attached hydrogens (tertiary/aromatic N) is 1. The van der Waals surface area contributed by atoms with E-state index < -0.39 is 17.8 Å². The van der Waals surface area contributed by atoms with Crippen molar-refractivity contribution in [1.29, 1.82) is 0 Å². The van der Waals surface area contributed by atoms with Gasteiger partial charge in [0.1, 0.15) is 0 Å². The molecule has 0 spiro atoms. The Morgan fingerprint density at radius 3 is 2.56 bits per heavy atom. The molecule has 0 unspecified atom stereocenters. The molecule has 1 rings (SSSR count). The molecule has 1 heterocycles. The number of hydrogen-bond acceptors (Lipinski definition) is 6. The van der Waals surface area contributed by atoms with Gasteiger partial charge in [0.2, 0.25) is 0 Å². The normalized spacial score (nSPS) is 15.7. The van der Waals surface area contributed by atoms with Gasteiger partial charge in [-0.05, 0) is 12.7 Å². The van der Waals surface area contributed by atoms with E-state index in [9.17, 15) is 14.4 Å². The Balaban J connectivity index is 2.23. The minimum atomic E-state index is -0.523. The van der Waals surface area contributed by atoms with E-state index in [4.69, 9.17) is 4.84 Å². The van der Waals surface area contributed by atoms with Gasteiger partial charge in [0, 0.05) is 25.0 Å². The van der Waals surface area contributed by atoms with Crippen LogP contribution < -0.4 is 0 Å². The maximum atomic E-state index is 11.3. The second kappa shape index (κ2) is 6.80. The first-order valence-corrected chi connectivity index (χ1v) is 7.60. The molecule has 0 aromatic rings. The van der Waals surface area contributed by atoms with E-state index in [1.165, 1.54) is 0 Å². The molecule has 1 aliphatic rings. The third-order valence-electron chi connectivity index (χ3n) is 1.93. The molecule has 0 radical (unpaired) electrons. The predicted molar refractivity (Wildman–Crippen MR) is 62.4 cm³/mol. The molecule has 2 amide bonds. The summed E-state index contributed by atoms with van der Waals surface area (Å²) in [4.78, 5) is 38.2. The molecule has 0 atom stereocenters. The van der Waals surface area contributed by atoms with Gasteiger partial charge in [0.05, 0.1) is 0 Å². The number of imide groups is 1. The molecule has 0 saturated carbocycles. The summed E-state index contributed by atoms with van der Waals surface area (Å²) in [5, 5.41) is 0.587. The lowest BCUT2D eigenvalue weighted by Gasteiger charge is -2.12. The minimum Gasteiger partial charge on any atom is -0.330 e. The summed E-state index contributed by atoms with van der Waals surface area (Å²) in [5.74, 6) is -0.544. The number of carbonyl (C=O) groups excluding carboxylic acids is 3. The number of rotatable bonds is 6. The van der Waals surface area contributed by atoms with Gasteiger partial charge < -0.3 is 4.84 Å². The standard InChI is InChI=1S/C9H13NO4S2/c1-15-16-6-2-3-9(13)14-10-7(11)4-5-8(10)12/h2-6H2,1H3. The van der Waals surface area contributed by atoms with Gasteiger partial charge in [-0.2, -0.15) is 0 Å². The fourth-order valence-electron chi connectivity index (χ4n) is 1.16. The summed E-state index contributed by atoms with van der Waals surface area (Å²) in [7, 11) is 3.29. The quantitative estimate of drug-likeness (QED) is 0.410.